The van der Waals surface area contributed by atoms with Gasteiger partial charge in [0.2, 0.25) is 0 Å². The van der Waals surface area contributed by atoms with Gasteiger partial charge in [-0.05, 0) is 42.0 Å². The van der Waals surface area contributed by atoms with Crippen LogP contribution in [0.1, 0.15) is 17.2 Å². The number of hydrogen-bond acceptors (Lipinski definition) is 4. The largest absolute Gasteiger partial charge is 0.507 e. The molecule has 0 saturated carbocycles. The van der Waals surface area contributed by atoms with E-state index in [4.69, 9.17) is 0 Å². The van der Waals surface area contributed by atoms with Gasteiger partial charge in [0.1, 0.15) is 11.6 Å². The standard InChI is InChI=1S/C25H21FN2O3/c1-27(2)19-12-14-20(15-13-19)28-22(16-8-10-18(26)11-9-16)21(24(30)25(28)31)23(29)17-6-4-3-5-7-17/h3-15,22,29H,1-2H3/b23-21-. The van der Waals surface area contributed by atoms with Crippen molar-refractivity contribution in [3.8, 4) is 0 Å². The molecular weight excluding hydrogens is 395 g/mol. The van der Waals surface area contributed by atoms with Gasteiger partial charge in [0.05, 0.1) is 11.6 Å². The molecule has 0 spiro atoms. The maximum Gasteiger partial charge on any atom is 0.300 e. The summed E-state index contributed by atoms with van der Waals surface area (Å²) in [6.07, 6.45) is 0. The van der Waals surface area contributed by atoms with Crippen LogP contribution < -0.4 is 9.80 Å². The first kappa shape index (κ1) is 20.3. The zero-order chi connectivity index (χ0) is 22.1. The average molecular weight is 416 g/mol. The number of anilines is 2. The number of hydrogen-bond donors (Lipinski definition) is 1. The van der Waals surface area contributed by atoms with E-state index in [1.807, 2.05) is 31.1 Å². The van der Waals surface area contributed by atoms with Crippen LogP contribution >= 0.6 is 0 Å². The van der Waals surface area contributed by atoms with Crippen molar-refractivity contribution in [1.29, 1.82) is 0 Å². The third-order valence-corrected chi connectivity index (χ3v) is 5.32. The van der Waals surface area contributed by atoms with Gasteiger partial charge in [-0.3, -0.25) is 14.5 Å². The van der Waals surface area contributed by atoms with Gasteiger partial charge in [0, 0.05) is 31.0 Å². The molecule has 0 aromatic heterocycles. The van der Waals surface area contributed by atoms with Crippen molar-refractivity contribution in [2.45, 2.75) is 6.04 Å². The predicted octanol–water partition coefficient (Wildman–Crippen LogP) is 4.52. The van der Waals surface area contributed by atoms with Gasteiger partial charge in [0.25, 0.3) is 11.7 Å². The molecule has 1 atom stereocenters. The normalized spacial score (nSPS) is 17.8. The quantitative estimate of drug-likeness (QED) is 0.386. The van der Waals surface area contributed by atoms with E-state index < -0.39 is 23.5 Å². The van der Waals surface area contributed by atoms with Gasteiger partial charge in [-0.15, -0.1) is 0 Å². The molecule has 4 rings (SSSR count). The fraction of sp³-hybridized carbons (Fsp3) is 0.120. The first-order valence-corrected chi connectivity index (χ1v) is 9.78. The molecule has 0 aliphatic carbocycles. The van der Waals surface area contributed by atoms with Gasteiger partial charge >= 0.3 is 0 Å². The minimum absolute atomic E-state index is 0.0282. The highest BCUT2D eigenvalue weighted by atomic mass is 19.1. The van der Waals surface area contributed by atoms with E-state index in [0.717, 1.165) is 5.69 Å². The highest BCUT2D eigenvalue weighted by molar-refractivity contribution is 6.51. The molecule has 1 saturated heterocycles. The Hall–Kier alpha value is -3.93. The first-order chi connectivity index (χ1) is 14.9. The SMILES string of the molecule is CN(C)c1ccc(N2C(=O)C(=O)/C(=C(\O)c3ccccc3)C2c2ccc(F)cc2)cc1. The number of ketones is 1. The Morgan fingerprint density at radius 1 is 0.903 bits per heavy atom. The monoisotopic (exact) mass is 416 g/mol. The van der Waals surface area contributed by atoms with Gasteiger partial charge in [-0.2, -0.15) is 0 Å². The summed E-state index contributed by atoms with van der Waals surface area (Å²) in [7, 11) is 3.80. The van der Waals surface area contributed by atoms with E-state index in [1.165, 1.54) is 29.2 Å². The van der Waals surface area contributed by atoms with Gasteiger partial charge in [0.15, 0.2) is 0 Å². The molecule has 1 N–H and O–H groups in total. The van der Waals surface area contributed by atoms with E-state index in [9.17, 15) is 19.1 Å². The minimum atomic E-state index is -0.883. The van der Waals surface area contributed by atoms with Crippen molar-refractivity contribution in [2.75, 3.05) is 23.9 Å². The number of carbonyl (C=O) groups excluding carboxylic acids is 2. The maximum absolute atomic E-state index is 13.6. The van der Waals surface area contributed by atoms with Crippen LogP contribution in [0.25, 0.3) is 5.76 Å². The van der Waals surface area contributed by atoms with Crippen molar-refractivity contribution in [2.24, 2.45) is 0 Å². The number of carbonyl (C=O) groups is 2. The van der Waals surface area contributed by atoms with Crippen LogP contribution in [0, 0.1) is 5.82 Å². The molecule has 1 amide bonds. The molecule has 0 bridgehead atoms. The van der Waals surface area contributed by atoms with E-state index in [2.05, 4.69) is 0 Å². The smallest absolute Gasteiger partial charge is 0.300 e. The van der Waals surface area contributed by atoms with Crippen LogP contribution in [0.4, 0.5) is 15.8 Å². The number of benzene rings is 3. The number of halogens is 1. The molecule has 1 heterocycles. The molecule has 1 unspecified atom stereocenters. The number of nitrogens with zero attached hydrogens (tertiary/aromatic N) is 2. The Morgan fingerprint density at radius 2 is 1.52 bits per heavy atom. The maximum atomic E-state index is 13.6. The number of rotatable bonds is 4. The first-order valence-electron chi connectivity index (χ1n) is 9.78. The lowest BCUT2D eigenvalue weighted by molar-refractivity contribution is -0.132. The van der Waals surface area contributed by atoms with Crippen LogP contribution in [-0.2, 0) is 9.59 Å². The fourth-order valence-corrected chi connectivity index (χ4v) is 3.72. The highest BCUT2D eigenvalue weighted by Crippen LogP contribution is 2.42. The third kappa shape index (κ3) is 3.68. The number of aliphatic hydroxyl groups is 1. The lowest BCUT2D eigenvalue weighted by Gasteiger charge is -2.26. The summed E-state index contributed by atoms with van der Waals surface area (Å²) in [6, 6.07) is 20.5. The van der Waals surface area contributed by atoms with E-state index in [1.54, 1.807) is 42.5 Å². The summed E-state index contributed by atoms with van der Waals surface area (Å²) in [6.45, 7) is 0. The molecule has 1 aliphatic rings. The van der Waals surface area contributed by atoms with Crippen LogP contribution in [0.3, 0.4) is 0 Å². The molecule has 1 aliphatic heterocycles. The molecular formula is C25H21FN2O3. The Labute approximate surface area is 179 Å². The second-order valence-electron chi connectivity index (χ2n) is 7.50. The van der Waals surface area contributed by atoms with Crippen LogP contribution in [0.2, 0.25) is 0 Å². The lowest BCUT2D eigenvalue weighted by atomic mass is 9.95. The van der Waals surface area contributed by atoms with E-state index >= 15 is 0 Å². The van der Waals surface area contributed by atoms with Gasteiger partial charge in [-0.25, -0.2) is 4.39 Å². The van der Waals surface area contributed by atoms with Crippen molar-refractivity contribution < 1.29 is 19.1 Å². The van der Waals surface area contributed by atoms with Gasteiger partial charge in [-0.1, -0.05) is 42.5 Å². The second-order valence-corrected chi connectivity index (χ2v) is 7.50. The Morgan fingerprint density at radius 3 is 2.10 bits per heavy atom. The van der Waals surface area contributed by atoms with Gasteiger partial charge < -0.3 is 10.0 Å². The summed E-state index contributed by atoms with van der Waals surface area (Å²) >= 11 is 0. The molecule has 156 valence electrons. The molecule has 31 heavy (non-hydrogen) atoms. The van der Waals surface area contributed by atoms with Crippen LogP contribution in [0.5, 0.6) is 0 Å². The number of aliphatic hydroxyl groups excluding tert-OH is 1. The molecule has 3 aromatic carbocycles. The van der Waals surface area contributed by atoms with E-state index in [-0.39, 0.29) is 11.3 Å². The topological polar surface area (TPSA) is 60.9 Å². The molecule has 6 heteroatoms. The Kier molecular flexibility index (Phi) is 5.29. The minimum Gasteiger partial charge on any atom is -0.507 e. The highest BCUT2D eigenvalue weighted by Gasteiger charge is 2.46. The van der Waals surface area contributed by atoms with Crippen molar-refractivity contribution >= 4 is 28.8 Å². The number of amides is 1. The lowest BCUT2D eigenvalue weighted by Crippen LogP contribution is -2.29. The molecule has 5 nitrogen and oxygen atoms in total. The zero-order valence-corrected chi connectivity index (χ0v) is 17.1. The summed E-state index contributed by atoms with van der Waals surface area (Å²) in [5.41, 5.74) is 2.36. The second kappa shape index (κ2) is 8.07. The molecule has 3 aromatic rings. The average Bonchev–Trinajstić information content (AvgIpc) is 3.05. The Bertz CT molecular complexity index is 1150. The predicted molar refractivity (Wildman–Crippen MR) is 118 cm³/mol. The summed E-state index contributed by atoms with van der Waals surface area (Å²) < 4.78 is 13.6. The fourth-order valence-electron chi connectivity index (χ4n) is 3.72. The van der Waals surface area contributed by atoms with Crippen molar-refractivity contribution in [3.63, 3.8) is 0 Å². The summed E-state index contributed by atoms with van der Waals surface area (Å²) in [5.74, 6) is -2.23. The zero-order valence-electron chi connectivity index (χ0n) is 17.1. The van der Waals surface area contributed by atoms with Crippen LogP contribution in [-0.4, -0.2) is 30.9 Å². The molecule has 0 radical (unpaired) electrons. The Balaban J connectivity index is 1.90. The third-order valence-electron chi connectivity index (χ3n) is 5.32. The molecule has 1 fully saturated rings. The van der Waals surface area contributed by atoms with Crippen LogP contribution in [0.15, 0.2) is 84.4 Å². The van der Waals surface area contributed by atoms with Crippen molar-refractivity contribution in [3.05, 3.63) is 101 Å². The van der Waals surface area contributed by atoms with E-state index in [0.29, 0.717) is 16.8 Å². The number of Topliss-reactive ketones (excluding diaryl/α,β-unsaturated/α-hetero) is 1. The summed E-state index contributed by atoms with van der Waals surface area (Å²) in [4.78, 5) is 29.4. The summed E-state index contributed by atoms with van der Waals surface area (Å²) in [5, 5.41) is 11.0. The van der Waals surface area contributed by atoms with Crippen molar-refractivity contribution in [1.82, 2.24) is 0 Å².